The first-order valence-corrected chi connectivity index (χ1v) is 7.78. The van der Waals surface area contributed by atoms with Crippen molar-refractivity contribution in [3.63, 3.8) is 0 Å². The first-order chi connectivity index (χ1) is 11.9. The van der Waals surface area contributed by atoms with Crippen LogP contribution in [0.25, 0.3) is 0 Å². The predicted octanol–water partition coefficient (Wildman–Crippen LogP) is 3.55. The maximum atomic E-state index is 13.5. The Morgan fingerprint density at radius 3 is 2.00 bits per heavy atom. The minimum Gasteiger partial charge on any atom is -0.489 e. The quantitative estimate of drug-likeness (QED) is 0.724. The second-order valence-corrected chi connectivity index (χ2v) is 5.70. The molecule has 0 radical (unpaired) electrons. The van der Waals surface area contributed by atoms with E-state index >= 15 is 0 Å². The highest BCUT2D eigenvalue weighted by Crippen LogP contribution is 2.41. The molecule has 1 aromatic heterocycles. The van der Waals surface area contributed by atoms with E-state index in [1.807, 2.05) is 0 Å². The lowest BCUT2D eigenvalue weighted by Gasteiger charge is -2.22. The van der Waals surface area contributed by atoms with Crippen molar-refractivity contribution in [3.8, 4) is 11.6 Å². The van der Waals surface area contributed by atoms with E-state index in [9.17, 15) is 27.9 Å². The number of rotatable bonds is 7. The summed E-state index contributed by atoms with van der Waals surface area (Å²) < 4.78 is 55.5. The number of aromatic carboxylic acids is 1. The lowest BCUT2D eigenvalue weighted by atomic mass is 10.1. The van der Waals surface area contributed by atoms with Crippen LogP contribution in [0.5, 0.6) is 11.6 Å². The van der Waals surface area contributed by atoms with Crippen molar-refractivity contribution in [1.29, 1.82) is 0 Å². The summed E-state index contributed by atoms with van der Waals surface area (Å²) in [7, 11) is 0. The number of carboxylic acids is 1. The Morgan fingerprint density at radius 2 is 1.62 bits per heavy atom. The normalized spacial score (nSPS) is 11.6. The van der Waals surface area contributed by atoms with Crippen LogP contribution in [0.1, 0.15) is 61.0 Å². The number of pyridine rings is 1. The van der Waals surface area contributed by atoms with Crippen LogP contribution < -0.4 is 9.47 Å². The number of alkyl halides is 3. The summed E-state index contributed by atoms with van der Waals surface area (Å²) in [6.07, 6.45) is -6.46. The molecule has 0 atom stereocenters. The number of carbonyl (C=O) groups is 2. The van der Waals surface area contributed by atoms with Gasteiger partial charge in [0.2, 0.25) is 5.88 Å². The molecule has 146 valence electrons. The predicted molar refractivity (Wildman–Crippen MR) is 83.7 cm³/mol. The van der Waals surface area contributed by atoms with Gasteiger partial charge >= 0.3 is 18.1 Å². The molecular weight excluding hydrogens is 359 g/mol. The zero-order valence-electron chi connectivity index (χ0n) is 14.9. The van der Waals surface area contributed by atoms with E-state index in [0.717, 1.165) is 0 Å². The molecule has 0 aliphatic rings. The van der Waals surface area contributed by atoms with Gasteiger partial charge in [0.05, 0.1) is 18.8 Å². The van der Waals surface area contributed by atoms with Crippen LogP contribution in [-0.4, -0.2) is 40.8 Å². The molecule has 0 unspecified atom stereocenters. The number of nitrogens with zero attached hydrogens (tertiary/aromatic N) is 1. The van der Waals surface area contributed by atoms with Gasteiger partial charge in [0.15, 0.2) is 17.0 Å². The molecule has 7 nitrogen and oxygen atoms in total. The SMILES string of the molecule is CCOC(=O)c1c(C(F)(F)F)nc(OC(C)C)c(C(=O)O)c1OC(C)C. The zero-order valence-corrected chi connectivity index (χ0v) is 14.9. The maximum absolute atomic E-state index is 13.5. The van der Waals surface area contributed by atoms with E-state index in [-0.39, 0.29) is 6.61 Å². The molecule has 0 bridgehead atoms. The molecule has 0 aromatic carbocycles. The molecule has 0 spiro atoms. The van der Waals surface area contributed by atoms with Gasteiger partial charge in [0.1, 0.15) is 5.56 Å². The van der Waals surface area contributed by atoms with Gasteiger partial charge < -0.3 is 19.3 Å². The Hall–Kier alpha value is -2.52. The molecule has 0 amide bonds. The molecule has 0 saturated carbocycles. The highest BCUT2D eigenvalue weighted by Gasteiger charge is 2.43. The van der Waals surface area contributed by atoms with Gasteiger partial charge in [-0.1, -0.05) is 0 Å². The fraction of sp³-hybridized carbons (Fsp3) is 0.562. The van der Waals surface area contributed by atoms with Crippen molar-refractivity contribution in [2.24, 2.45) is 0 Å². The van der Waals surface area contributed by atoms with E-state index in [1.165, 1.54) is 34.6 Å². The Bertz CT molecular complexity index is 686. The first kappa shape index (κ1) is 21.5. The van der Waals surface area contributed by atoms with E-state index in [0.29, 0.717) is 0 Å². The molecule has 1 aromatic rings. The highest BCUT2D eigenvalue weighted by molar-refractivity contribution is 6.01. The number of ether oxygens (including phenoxy) is 3. The van der Waals surface area contributed by atoms with Crippen LogP contribution in [0.4, 0.5) is 13.2 Å². The van der Waals surface area contributed by atoms with E-state index in [4.69, 9.17) is 9.47 Å². The summed E-state index contributed by atoms with van der Waals surface area (Å²) in [6, 6.07) is 0. The number of aromatic nitrogens is 1. The van der Waals surface area contributed by atoms with Crippen LogP contribution in [0.3, 0.4) is 0 Å². The fourth-order valence-electron chi connectivity index (χ4n) is 1.99. The summed E-state index contributed by atoms with van der Waals surface area (Å²) in [5, 5.41) is 9.47. The third-order valence-corrected chi connectivity index (χ3v) is 2.78. The first-order valence-electron chi connectivity index (χ1n) is 7.78. The number of hydrogen-bond donors (Lipinski definition) is 1. The van der Waals surface area contributed by atoms with Gasteiger partial charge in [-0.25, -0.2) is 14.6 Å². The van der Waals surface area contributed by atoms with E-state index in [2.05, 4.69) is 9.72 Å². The lowest BCUT2D eigenvalue weighted by Crippen LogP contribution is -2.24. The number of carbonyl (C=O) groups excluding carboxylic acids is 1. The Labute approximate surface area is 148 Å². The van der Waals surface area contributed by atoms with Crippen LogP contribution in [-0.2, 0) is 10.9 Å². The zero-order chi connectivity index (χ0) is 20.2. The third kappa shape index (κ3) is 4.99. The van der Waals surface area contributed by atoms with Gasteiger partial charge in [-0.05, 0) is 34.6 Å². The molecular formula is C16H20F3NO6. The Balaban J connectivity index is 3.95. The van der Waals surface area contributed by atoms with Crippen molar-refractivity contribution in [2.45, 2.75) is 53.0 Å². The molecule has 1 N–H and O–H groups in total. The molecule has 0 fully saturated rings. The summed E-state index contributed by atoms with van der Waals surface area (Å²) in [6.45, 7) is 7.10. The standard InChI is InChI=1S/C16H20F3NO6/c1-6-24-15(23)9-11(25-7(2)3)10(14(21)22)13(26-8(4)5)20-12(9)16(17,18)19/h7-8H,6H2,1-5H3,(H,21,22). The second kappa shape index (κ2) is 8.24. The van der Waals surface area contributed by atoms with Gasteiger partial charge in [-0.15, -0.1) is 0 Å². The topological polar surface area (TPSA) is 95.0 Å². The van der Waals surface area contributed by atoms with Crippen molar-refractivity contribution in [1.82, 2.24) is 4.98 Å². The highest BCUT2D eigenvalue weighted by atomic mass is 19.4. The number of esters is 1. The average Bonchev–Trinajstić information content (AvgIpc) is 2.44. The van der Waals surface area contributed by atoms with Gasteiger partial charge in [-0.2, -0.15) is 13.2 Å². The van der Waals surface area contributed by atoms with Crippen molar-refractivity contribution < 1.29 is 42.1 Å². The minimum absolute atomic E-state index is 0.218. The monoisotopic (exact) mass is 379 g/mol. The summed E-state index contributed by atoms with van der Waals surface area (Å²) in [5.74, 6) is -4.61. The molecule has 0 saturated heterocycles. The Kier molecular flexibility index (Phi) is 6.82. The van der Waals surface area contributed by atoms with E-state index in [1.54, 1.807) is 0 Å². The van der Waals surface area contributed by atoms with Crippen LogP contribution in [0.15, 0.2) is 0 Å². The molecule has 1 heterocycles. The largest absolute Gasteiger partial charge is 0.489 e. The van der Waals surface area contributed by atoms with Crippen LogP contribution >= 0.6 is 0 Å². The summed E-state index contributed by atoms with van der Waals surface area (Å²) in [5.41, 5.74) is -3.50. The number of hydrogen-bond acceptors (Lipinski definition) is 6. The third-order valence-electron chi connectivity index (χ3n) is 2.78. The van der Waals surface area contributed by atoms with Gasteiger partial charge in [0.25, 0.3) is 0 Å². The average molecular weight is 379 g/mol. The molecule has 0 aliphatic heterocycles. The van der Waals surface area contributed by atoms with Crippen molar-refractivity contribution in [2.75, 3.05) is 6.61 Å². The van der Waals surface area contributed by atoms with Crippen LogP contribution in [0.2, 0.25) is 0 Å². The Morgan fingerprint density at radius 1 is 1.08 bits per heavy atom. The molecule has 10 heteroatoms. The minimum atomic E-state index is -5.07. The van der Waals surface area contributed by atoms with Gasteiger partial charge in [0, 0.05) is 0 Å². The van der Waals surface area contributed by atoms with E-state index < -0.39 is 58.8 Å². The van der Waals surface area contributed by atoms with Crippen molar-refractivity contribution in [3.05, 3.63) is 16.8 Å². The second-order valence-electron chi connectivity index (χ2n) is 5.70. The maximum Gasteiger partial charge on any atom is 0.434 e. The summed E-state index contributed by atoms with van der Waals surface area (Å²) >= 11 is 0. The molecule has 0 aliphatic carbocycles. The number of carboxylic acid groups (broad SMARTS) is 1. The smallest absolute Gasteiger partial charge is 0.434 e. The van der Waals surface area contributed by atoms with Crippen LogP contribution in [0, 0.1) is 0 Å². The van der Waals surface area contributed by atoms with Crippen molar-refractivity contribution >= 4 is 11.9 Å². The number of halogens is 3. The summed E-state index contributed by atoms with van der Waals surface area (Å²) in [4.78, 5) is 27.1. The molecule has 26 heavy (non-hydrogen) atoms. The lowest BCUT2D eigenvalue weighted by molar-refractivity contribution is -0.142. The van der Waals surface area contributed by atoms with Gasteiger partial charge in [-0.3, -0.25) is 0 Å². The molecule has 1 rings (SSSR count). The fourth-order valence-corrected chi connectivity index (χ4v) is 1.99.